The summed E-state index contributed by atoms with van der Waals surface area (Å²) in [4.78, 5) is 12.2. The molecule has 3 nitrogen and oxygen atoms in total. The highest BCUT2D eigenvalue weighted by Gasteiger charge is 2.66. The third-order valence-electron chi connectivity index (χ3n) is 4.32. The third-order valence-corrected chi connectivity index (χ3v) is 4.32. The van der Waals surface area contributed by atoms with E-state index in [9.17, 15) is 4.79 Å². The topological polar surface area (TPSA) is 38.3 Å². The number of nitrogens with one attached hydrogen (secondary N) is 1. The van der Waals surface area contributed by atoms with Crippen LogP contribution in [0.3, 0.4) is 0 Å². The molecule has 1 heterocycles. The molecule has 0 aromatic rings. The molecule has 3 heteroatoms. The van der Waals surface area contributed by atoms with Gasteiger partial charge in [-0.25, -0.2) is 0 Å². The Labute approximate surface area is 94.9 Å². The fourth-order valence-electron chi connectivity index (χ4n) is 3.25. The average Bonchev–Trinajstić information content (AvgIpc) is 2.37. The van der Waals surface area contributed by atoms with Crippen LogP contribution in [0.1, 0.15) is 6.92 Å². The van der Waals surface area contributed by atoms with Gasteiger partial charge in [0.1, 0.15) is 5.60 Å². The standard InChI is InChI=1S/C13H15NO2/c1-12-9-5-3-4-8-13(12,16-2)10(7-6-9)14-11(12)15/h3-10H,1-2H3,(H,14,15)/t9-,10-,12-,13+/m1/s1. The van der Waals surface area contributed by atoms with Crippen molar-refractivity contribution in [3.05, 3.63) is 36.5 Å². The molecule has 4 bridgehead atoms. The summed E-state index contributed by atoms with van der Waals surface area (Å²) in [6.07, 6.45) is 12.2. The van der Waals surface area contributed by atoms with Crippen LogP contribution in [0.4, 0.5) is 0 Å². The molecule has 2 aliphatic carbocycles. The van der Waals surface area contributed by atoms with Crippen LogP contribution in [-0.4, -0.2) is 24.7 Å². The fourth-order valence-corrected chi connectivity index (χ4v) is 3.25. The second kappa shape index (κ2) is 2.86. The largest absolute Gasteiger partial charge is 0.370 e. The Morgan fingerprint density at radius 2 is 2.12 bits per heavy atom. The van der Waals surface area contributed by atoms with Crippen LogP contribution in [0.2, 0.25) is 0 Å². The zero-order valence-corrected chi connectivity index (χ0v) is 9.44. The van der Waals surface area contributed by atoms with Gasteiger partial charge < -0.3 is 10.1 Å². The summed E-state index contributed by atoms with van der Waals surface area (Å²) in [5.41, 5.74) is -1.09. The Balaban J connectivity index is 2.29. The first kappa shape index (κ1) is 9.85. The van der Waals surface area contributed by atoms with Crippen molar-refractivity contribution in [2.24, 2.45) is 11.3 Å². The van der Waals surface area contributed by atoms with E-state index in [1.165, 1.54) is 0 Å². The van der Waals surface area contributed by atoms with Gasteiger partial charge in [0.05, 0.1) is 11.5 Å². The first-order valence-corrected chi connectivity index (χ1v) is 5.55. The molecular formula is C13H15NO2. The van der Waals surface area contributed by atoms with Crippen molar-refractivity contribution in [1.82, 2.24) is 5.32 Å². The lowest BCUT2D eigenvalue weighted by atomic mass is 9.62. The molecule has 0 saturated carbocycles. The summed E-state index contributed by atoms with van der Waals surface area (Å²) in [6.45, 7) is 1.99. The Bertz CT molecular complexity index is 437. The van der Waals surface area contributed by atoms with E-state index in [1.54, 1.807) is 7.11 Å². The monoisotopic (exact) mass is 217 g/mol. The predicted octanol–water partition coefficient (Wildman–Crippen LogP) is 1.19. The normalized spacial score (nSPS) is 48.0. The van der Waals surface area contributed by atoms with Crippen LogP contribution < -0.4 is 5.32 Å². The van der Waals surface area contributed by atoms with E-state index in [0.29, 0.717) is 0 Å². The molecule has 1 N–H and O–H groups in total. The summed E-state index contributed by atoms with van der Waals surface area (Å²) < 4.78 is 5.73. The van der Waals surface area contributed by atoms with Gasteiger partial charge in [-0.1, -0.05) is 30.4 Å². The summed E-state index contributed by atoms with van der Waals surface area (Å²) >= 11 is 0. The molecule has 16 heavy (non-hydrogen) atoms. The van der Waals surface area contributed by atoms with Crippen molar-refractivity contribution in [1.29, 1.82) is 0 Å². The number of ether oxygens (including phenoxy) is 1. The minimum absolute atomic E-state index is 0.0533. The van der Waals surface area contributed by atoms with Crippen LogP contribution in [0, 0.1) is 11.3 Å². The first-order valence-electron chi connectivity index (χ1n) is 5.55. The molecule has 3 rings (SSSR count). The van der Waals surface area contributed by atoms with Crippen molar-refractivity contribution < 1.29 is 9.53 Å². The second-order valence-corrected chi connectivity index (χ2v) is 4.81. The van der Waals surface area contributed by atoms with Crippen molar-refractivity contribution in [2.45, 2.75) is 18.6 Å². The van der Waals surface area contributed by atoms with Crippen molar-refractivity contribution >= 4 is 5.91 Å². The minimum Gasteiger partial charge on any atom is -0.370 e. The maximum atomic E-state index is 12.2. The van der Waals surface area contributed by atoms with Gasteiger partial charge in [-0.15, -0.1) is 0 Å². The SMILES string of the molecule is CO[C@@]12C=CC=C[C@@H]3C=C[C@H]1NC(=O)[C@@]32C. The molecule has 4 atom stereocenters. The molecule has 0 aromatic carbocycles. The van der Waals surface area contributed by atoms with Gasteiger partial charge >= 0.3 is 0 Å². The number of carbonyl (C=O) groups is 1. The average molecular weight is 217 g/mol. The number of methoxy groups -OCH3 is 1. The summed E-state index contributed by atoms with van der Waals surface area (Å²) in [6, 6.07) is -0.0533. The minimum atomic E-state index is -0.549. The van der Waals surface area contributed by atoms with E-state index in [4.69, 9.17) is 4.74 Å². The molecule has 1 saturated heterocycles. The first-order chi connectivity index (χ1) is 7.65. The van der Waals surface area contributed by atoms with Crippen LogP contribution in [0.5, 0.6) is 0 Å². The van der Waals surface area contributed by atoms with Gasteiger partial charge in [-0.05, 0) is 13.0 Å². The van der Waals surface area contributed by atoms with Gasteiger partial charge in [0.25, 0.3) is 0 Å². The number of amides is 1. The molecule has 0 aromatic heterocycles. The van der Waals surface area contributed by atoms with Gasteiger partial charge in [-0.2, -0.15) is 0 Å². The molecule has 84 valence electrons. The van der Waals surface area contributed by atoms with Crippen LogP contribution in [-0.2, 0) is 9.53 Å². The number of rotatable bonds is 1. The molecule has 1 fully saturated rings. The lowest BCUT2D eigenvalue weighted by Crippen LogP contribution is -2.55. The maximum absolute atomic E-state index is 12.2. The van der Waals surface area contributed by atoms with Gasteiger partial charge in [0.15, 0.2) is 0 Å². The Morgan fingerprint density at radius 1 is 1.31 bits per heavy atom. The van der Waals surface area contributed by atoms with E-state index < -0.39 is 11.0 Å². The number of allylic oxidation sites excluding steroid dienone is 4. The molecule has 1 amide bonds. The van der Waals surface area contributed by atoms with Crippen LogP contribution in [0.25, 0.3) is 0 Å². The Kier molecular flexibility index (Phi) is 1.76. The molecule has 0 unspecified atom stereocenters. The van der Waals surface area contributed by atoms with Crippen LogP contribution in [0.15, 0.2) is 36.5 Å². The maximum Gasteiger partial charge on any atom is 0.230 e. The lowest BCUT2D eigenvalue weighted by Gasteiger charge is -2.45. The number of carbonyl (C=O) groups excluding carboxylic acids is 1. The van der Waals surface area contributed by atoms with E-state index in [0.717, 1.165) is 0 Å². The van der Waals surface area contributed by atoms with Crippen LogP contribution >= 0.6 is 0 Å². The van der Waals surface area contributed by atoms with E-state index in [1.807, 2.05) is 31.2 Å². The lowest BCUT2D eigenvalue weighted by molar-refractivity contribution is -0.137. The molecule has 3 aliphatic rings. The zero-order valence-electron chi connectivity index (χ0n) is 9.44. The summed E-state index contributed by atoms with van der Waals surface area (Å²) in [5.74, 6) is 0.173. The summed E-state index contributed by atoms with van der Waals surface area (Å²) in [5, 5.41) is 3.01. The Hall–Kier alpha value is -1.35. The molecule has 1 aliphatic heterocycles. The predicted molar refractivity (Wildman–Crippen MR) is 60.7 cm³/mol. The van der Waals surface area contributed by atoms with E-state index in [2.05, 4.69) is 17.5 Å². The van der Waals surface area contributed by atoms with Gasteiger partial charge in [-0.3, -0.25) is 4.79 Å². The zero-order chi connectivity index (χ0) is 11.4. The van der Waals surface area contributed by atoms with Gasteiger partial charge in [0, 0.05) is 13.0 Å². The highest BCUT2D eigenvalue weighted by atomic mass is 16.5. The highest BCUT2D eigenvalue weighted by molar-refractivity contribution is 5.90. The Morgan fingerprint density at radius 3 is 2.88 bits per heavy atom. The molecular weight excluding hydrogens is 202 g/mol. The van der Waals surface area contributed by atoms with Gasteiger partial charge in [0.2, 0.25) is 5.91 Å². The second-order valence-electron chi connectivity index (χ2n) is 4.81. The summed E-state index contributed by atoms with van der Waals surface area (Å²) in [7, 11) is 1.68. The smallest absolute Gasteiger partial charge is 0.230 e. The fraction of sp³-hybridized carbons (Fsp3) is 0.462. The third kappa shape index (κ3) is 0.824. The molecule has 0 radical (unpaired) electrons. The van der Waals surface area contributed by atoms with Crippen molar-refractivity contribution in [2.75, 3.05) is 7.11 Å². The molecule has 0 spiro atoms. The van der Waals surface area contributed by atoms with Crippen molar-refractivity contribution in [3.63, 3.8) is 0 Å². The number of hydrogen-bond acceptors (Lipinski definition) is 2. The van der Waals surface area contributed by atoms with E-state index >= 15 is 0 Å². The number of hydrogen-bond donors (Lipinski definition) is 1. The van der Waals surface area contributed by atoms with E-state index in [-0.39, 0.29) is 17.9 Å². The van der Waals surface area contributed by atoms with Crippen molar-refractivity contribution in [3.8, 4) is 0 Å². The quantitative estimate of drug-likeness (QED) is 0.670. The highest BCUT2D eigenvalue weighted by Crippen LogP contribution is 2.53.